The van der Waals surface area contributed by atoms with Gasteiger partial charge in [0.05, 0.1) is 19.3 Å². The lowest BCUT2D eigenvalue weighted by molar-refractivity contribution is -0.0497. The van der Waals surface area contributed by atoms with Crippen LogP contribution in [0.15, 0.2) is 30.3 Å². The summed E-state index contributed by atoms with van der Waals surface area (Å²) in [6.45, 7) is 2.78. The van der Waals surface area contributed by atoms with Crippen LogP contribution >= 0.6 is 11.6 Å². The summed E-state index contributed by atoms with van der Waals surface area (Å²) in [7, 11) is 1.50. The fraction of sp³-hybridized carbons (Fsp3) is 0.519. The molecule has 10 nitrogen and oxygen atoms in total. The summed E-state index contributed by atoms with van der Waals surface area (Å²) in [5.41, 5.74) is 1.32. The van der Waals surface area contributed by atoms with Crippen LogP contribution in [0.1, 0.15) is 41.6 Å². The molecule has 1 aliphatic carbocycles. The molecule has 4 fully saturated rings. The molecule has 3 aliphatic heterocycles. The van der Waals surface area contributed by atoms with Crippen molar-refractivity contribution in [1.82, 2.24) is 15.2 Å². The van der Waals surface area contributed by atoms with Crippen LogP contribution in [0.4, 0.5) is 10.6 Å². The molecule has 4 heterocycles. The summed E-state index contributed by atoms with van der Waals surface area (Å²) < 4.78 is 17.2. The molecule has 38 heavy (non-hydrogen) atoms. The van der Waals surface area contributed by atoms with Gasteiger partial charge in [-0.15, -0.1) is 0 Å². The number of nitrogens with zero attached hydrogens (tertiary/aromatic N) is 3. The largest absolute Gasteiger partial charge is 0.486 e. The van der Waals surface area contributed by atoms with Gasteiger partial charge in [0.2, 0.25) is 5.88 Å². The Bertz CT molecular complexity index is 1230. The zero-order chi connectivity index (χ0) is 26.4. The first kappa shape index (κ1) is 25.1. The van der Waals surface area contributed by atoms with E-state index in [1.54, 1.807) is 23.1 Å². The summed E-state index contributed by atoms with van der Waals surface area (Å²) in [5, 5.41) is 13.4. The van der Waals surface area contributed by atoms with E-state index >= 15 is 0 Å². The summed E-state index contributed by atoms with van der Waals surface area (Å²) in [6.07, 6.45) is 2.23. The van der Waals surface area contributed by atoms with Crippen LogP contribution in [0.25, 0.3) is 0 Å². The number of aliphatic hydroxyl groups is 1. The number of hydrogen-bond donors (Lipinski definition) is 2. The van der Waals surface area contributed by atoms with E-state index in [0.29, 0.717) is 49.1 Å². The van der Waals surface area contributed by atoms with Crippen molar-refractivity contribution < 1.29 is 28.9 Å². The first-order valence-electron chi connectivity index (χ1n) is 13.0. The van der Waals surface area contributed by atoms with Gasteiger partial charge in [0, 0.05) is 55.5 Å². The maximum absolute atomic E-state index is 13.2. The molecule has 3 saturated heterocycles. The molecule has 0 radical (unpaired) electrons. The van der Waals surface area contributed by atoms with Crippen LogP contribution in [0, 0.1) is 5.41 Å². The van der Waals surface area contributed by atoms with Crippen molar-refractivity contribution in [2.24, 2.45) is 5.41 Å². The molecular formula is C27H31ClN4O6. The van der Waals surface area contributed by atoms with Crippen molar-refractivity contribution in [1.29, 1.82) is 0 Å². The molecule has 2 N–H and O–H groups in total. The number of aliphatic hydroxyl groups excluding tert-OH is 1. The lowest BCUT2D eigenvalue weighted by atomic mass is 9.62. The fourth-order valence-corrected chi connectivity index (χ4v) is 6.17. The molecule has 1 aromatic carbocycles. The van der Waals surface area contributed by atoms with E-state index in [4.69, 9.17) is 30.8 Å². The number of cyclic esters (lactones) is 1. The number of rotatable bonds is 7. The second kappa shape index (κ2) is 9.81. The van der Waals surface area contributed by atoms with Crippen LogP contribution in [-0.2, 0) is 11.3 Å². The number of methoxy groups -OCH3 is 1. The molecule has 1 saturated carbocycles. The van der Waals surface area contributed by atoms with Gasteiger partial charge in [-0.05, 0) is 30.5 Å². The van der Waals surface area contributed by atoms with Crippen LogP contribution in [-0.4, -0.2) is 78.6 Å². The summed E-state index contributed by atoms with van der Waals surface area (Å²) in [4.78, 5) is 33.8. The van der Waals surface area contributed by atoms with Gasteiger partial charge in [-0.2, -0.15) is 4.98 Å². The molecule has 202 valence electrons. The minimum absolute atomic E-state index is 0.0122. The number of nitrogens with one attached hydrogen (secondary N) is 1. The van der Waals surface area contributed by atoms with E-state index in [1.807, 2.05) is 12.1 Å². The van der Waals surface area contributed by atoms with E-state index in [0.717, 1.165) is 31.5 Å². The number of hydrogen-bond acceptors (Lipinski definition) is 8. The summed E-state index contributed by atoms with van der Waals surface area (Å²) in [6, 6.07) is 8.97. The van der Waals surface area contributed by atoms with Crippen LogP contribution in [0.2, 0.25) is 5.02 Å². The highest BCUT2D eigenvalue weighted by Gasteiger charge is 2.53. The van der Waals surface area contributed by atoms with Crippen molar-refractivity contribution in [3.8, 4) is 11.6 Å². The molecule has 2 atom stereocenters. The maximum Gasteiger partial charge on any atom is 0.410 e. The minimum Gasteiger partial charge on any atom is -0.486 e. The van der Waals surface area contributed by atoms with Gasteiger partial charge in [0.1, 0.15) is 18.3 Å². The molecule has 6 rings (SSSR count). The van der Waals surface area contributed by atoms with Gasteiger partial charge < -0.3 is 34.4 Å². The number of piperidine rings is 1. The lowest BCUT2D eigenvalue weighted by Gasteiger charge is -2.58. The number of halogens is 1. The Hall–Kier alpha value is -3.24. The quantitative estimate of drug-likeness (QED) is 0.549. The number of pyridine rings is 1. The Morgan fingerprint density at radius 2 is 2.05 bits per heavy atom. The summed E-state index contributed by atoms with van der Waals surface area (Å²) in [5.74, 6) is 1.04. The average molecular weight is 543 g/mol. The van der Waals surface area contributed by atoms with E-state index in [-0.39, 0.29) is 47.1 Å². The van der Waals surface area contributed by atoms with Crippen molar-refractivity contribution in [2.45, 2.75) is 50.5 Å². The highest BCUT2D eigenvalue weighted by Crippen LogP contribution is 2.51. The Morgan fingerprint density at radius 3 is 2.76 bits per heavy atom. The Labute approximate surface area is 225 Å². The number of fused-ring (bicyclic) bond motifs is 1. The number of amides is 2. The van der Waals surface area contributed by atoms with E-state index in [2.05, 4.69) is 10.2 Å². The van der Waals surface area contributed by atoms with Crippen molar-refractivity contribution in [3.63, 3.8) is 0 Å². The number of anilines is 1. The van der Waals surface area contributed by atoms with Gasteiger partial charge in [0.25, 0.3) is 5.91 Å². The Kier molecular flexibility index (Phi) is 6.47. The van der Waals surface area contributed by atoms with E-state index in [1.165, 1.54) is 7.11 Å². The van der Waals surface area contributed by atoms with E-state index < -0.39 is 0 Å². The number of ether oxygens (including phenoxy) is 3. The first-order valence-corrected chi connectivity index (χ1v) is 13.3. The van der Waals surface area contributed by atoms with Crippen LogP contribution in [0.5, 0.6) is 11.6 Å². The third-order valence-electron chi connectivity index (χ3n) is 8.02. The predicted octanol–water partition coefficient (Wildman–Crippen LogP) is 3.00. The van der Waals surface area contributed by atoms with Gasteiger partial charge in [-0.25, -0.2) is 4.79 Å². The minimum atomic E-state index is -0.326. The molecule has 1 spiro atoms. The molecule has 0 unspecified atom stereocenters. The number of benzene rings is 1. The molecule has 2 aromatic rings. The molecule has 1 aromatic heterocycles. The van der Waals surface area contributed by atoms with Crippen LogP contribution < -0.4 is 19.7 Å². The number of carbonyl (C=O) groups is 2. The monoisotopic (exact) mass is 542 g/mol. The predicted molar refractivity (Wildman–Crippen MR) is 139 cm³/mol. The lowest BCUT2D eigenvalue weighted by Crippen LogP contribution is -2.64. The number of carbonyl (C=O) groups excluding carboxylic acids is 2. The zero-order valence-electron chi connectivity index (χ0n) is 21.2. The normalized spacial score (nSPS) is 23.8. The second-order valence-corrected chi connectivity index (χ2v) is 11.2. The Morgan fingerprint density at radius 1 is 1.29 bits per heavy atom. The highest BCUT2D eigenvalue weighted by molar-refractivity contribution is 6.30. The molecular weight excluding hydrogens is 512 g/mol. The second-order valence-electron chi connectivity index (χ2n) is 10.8. The van der Waals surface area contributed by atoms with Gasteiger partial charge in [-0.3, -0.25) is 4.79 Å². The third kappa shape index (κ3) is 4.71. The van der Waals surface area contributed by atoms with Gasteiger partial charge in [0.15, 0.2) is 11.6 Å². The third-order valence-corrected chi connectivity index (χ3v) is 8.27. The molecule has 4 aliphatic rings. The van der Waals surface area contributed by atoms with Crippen LogP contribution in [0.3, 0.4) is 0 Å². The fourth-order valence-electron chi connectivity index (χ4n) is 6.04. The topological polar surface area (TPSA) is 113 Å². The average Bonchev–Trinajstić information content (AvgIpc) is 3.24. The number of aromatic nitrogens is 1. The smallest absolute Gasteiger partial charge is 0.410 e. The summed E-state index contributed by atoms with van der Waals surface area (Å²) >= 11 is 5.97. The molecule has 11 heteroatoms. The van der Waals surface area contributed by atoms with Gasteiger partial charge in [-0.1, -0.05) is 23.7 Å². The molecule has 0 bridgehead atoms. The standard InChI is InChI=1S/C27H31ClN4O6/c1-36-25-21(24(34)29-12-16-2-4-17(28)5-3-16)9-22(23(30-25)31-14-27(15-31)10-19(33)11-27)38-20-6-7-32-18(8-20)13-37-26(32)35/h2-5,9,18-20,33H,6-8,10-15H2,1H3,(H,29,34)/t18-,20-/m0/s1. The van der Waals surface area contributed by atoms with Crippen molar-refractivity contribution >= 4 is 29.4 Å². The maximum atomic E-state index is 13.2. The SMILES string of the molecule is COc1nc(N2CC3(CC(O)C3)C2)c(O[C@H]2CCN3C(=O)OC[C@@H]3C2)cc1C(=O)NCc1ccc(Cl)cc1. The highest BCUT2D eigenvalue weighted by atomic mass is 35.5. The van der Waals surface area contributed by atoms with Crippen molar-refractivity contribution in [2.75, 3.05) is 38.3 Å². The van der Waals surface area contributed by atoms with Gasteiger partial charge >= 0.3 is 6.09 Å². The molecule has 2 amide bonds. The first-order chi connectivity index (χ1) is 18.3. The Balaban J connectivity index is 1.24. The van der Waals surface area contributed by atoms with Crippen molar-refractivity contribution in [3.05, 3.63) is 46.5 Å². The van der Waals surface area contributed by atoms with E-state index in [9.17, 15) is 14.7 Å². The zero-order valence-corrected chi connectivity index (χ0v) is 21.9.